The molecule has 2 rings (SSSR count). The van der Waals surface area contributed by atoms with Crippen LogP contribution in [0.4, 0.5) is 5.69 Å². The van der Waals surface area contributed by atoms with Gasteiger partial charge in [-0.2, -0.15) is 0 Å². The minimum atomic E-state index is -0.915. The molecule has 2 heterocycles. The highest BCUT2D eigenvalue weighted by molar-refractivity contribution is 5.94. The second-order valence-corrected chi connectivity index (χ2v) is 4.56. The van der Waals surface area contributed by atoms with Gasteiger partial charge >= 0.3 is 5.97 Å². The van der Waals surface area contributed by atoms with E-state index in [-0.39, 0.29) is 12.1 Å². The van der Waals surface area contributed by atoms with Crippen LogP contribution in [0.25, 0.3) is 0 Å². The third-order valence-corrected chi connectivity index (χ3v) is 3.28. The summed E-state index contributed by atoms with van der Waals surface area (Å²) in [5.74, 6) is -0.915. The summed E-state index contributed by atoms with van der Waals surface area (Å²) < 4.78 is 5.62. The molecule has 2 atom stereocenters. The first kappa shape index (κ1) is 12.8. The molecule has 1 aromatic rings. The lowest BCUT2D eigenvalue weighted by Gasteiger charge is -2.40. The van der Waals surface area contributed by atoms with E-state index in [1.165, 1.54) is 6.20 Å². The van der Waals surface area contributed by atoms with Gasteiger partial charge in [0.1, 0.15) is 0 Å². The molecule has 1 aliphatic heterocycles. The molecule has 0 bridgehead atoms. The number of ether oxygens (including phenoxy) is 1. The number of aromatic nitrogens is 1. The Morgan fingerprint density at radius 1 is 1.67 bits per heavy atom. The largest absolute Gasteiger partial charge is 0.478 e. The maximum Gasteiger partial charge on any atom is 0.337 e. The normalized spacial score (nSPS) is 24.0. The highest BCUT2D eigenvalue weighted by atomic mass is 16.5. The quantitative estimate of drug-likeness (QED) is 0.886. The van der Waals surface area contributed by atoms with Gasteiger partial charge in [-0.3, -0.25) is 4.98 Å². The number of hydrogen-bond acceptors (Lipinski definition) is 4. The monoisotopic (exact) mass is 250 g/mol. The van der Waals surface area contributed by atoms with Gasteiger partial charge in [0.25, 0.3) is 0 Å². The molecule has 5 heteroatoms. The van der Waals surface area contributed by atoms with E-state index in [0.29, 0.717) is 24.4 Å². The highest BCUT2D eigenvalue weighted by Crippen LogP contribution is 2.26. The average Bonchev–Trinajstić information content (AvgIpc) is 2.38. The number of anilines is 1. The molecule has 0 aromatic carbocycles. The van der Waals surface area contributed by atoms with Crippen LogP contribution < -0.4 is 4.90 Å². The second kappa shape index (κ2) is 5.35. The molecule has 1 aliphatic rings. The summed E-state index contributed by atoms with van der Waals surface area (Å²) in [5.41, 5.74) is 0.990. The van der Waals surface area contributed by atoms with Gasteiger partial charge in [-0.25, -0.2) is 4.79 Å². The number of rotatable bonds is 3. The molecule has 1 fully saturated rings. The maximum atomic E-state index is 11.3. The standard InChI is InChI=1S/C13H18N2O3/c1-3-10-8-18-9(2)7-15(10)12-6-14-5-4-11(12)13(16)17/h4-6,9-10H,3,7-8H2,1-2H3,(H,16,17). The van der Waals surface area contributed by atoms with Crippen molar-refractivity contribution < 1.29 is 14.6 Å². The summed E-state index contributed by atoms with van der Waals surface area (Å²) in [6.07, 6.45) is 4.16. The van der Waals surface area contributed by atoms with Crippen molar-refractivity contribution in [3.05, 3.63) is 24.0 Å². The van der Waals surface area contributed by atoms with Crippen LogP contribution in [-0.2, 0) is 4.74 Å². The van der Waals surface area contributed by atoms with Gasteiger partial charge in [0.05, 0.1) is 36.2 Å². The van der Waals surface area contributed by atoms with E-state index in [1.54, 1.807) is 12.3 Å². The number of pyridine rings is 1. The van der Waals surface area contributed by atoms with Gasteiger partial charge < -0.3 is 14.7 Å². The van der Waals surface area contributed by atoms with Crippen LogP contribution >= 0.6 is 0 Å². The minimum Gasteiger partial charge on any atom is -0.478 e. The SMILES string of the molecule is CCC1COC(C)CN1c1cnccc1C(=O)O. The van der Waals surface area contributed by atoms with E-state index in [1.807, 2.05) is 6.92 Å². The van der Waals surface area contributed by atoms with E-state index in [9.17, 15) is 9.90 Å². The fraction of sp³-hybridized carbons (Fsp3) is 0.538. The zero-order chi connectivity index (χ0) is 13.1. The van der Waals surface area contributed by atoms with Crippen LogP contribution in [0.15, 0.2) is 18.5 Å². The Bertz CT molecular complexity index is 436. The lowest BCUT2D eigenvalue weighted by Crippen LogP contribution is -2.49. The summed E-state index contributed by atoms with van der Waals surface area (Å²) in [4.78, 5) is 17.4. The molecule has 0 amide bonds. The third kappa shape index (κ3) is 2.46. The van der Waals surface area contributed by atoms with Crippen molar-refractivity contribution in [3.8, 4) is 0 Å². The predicted molar refractivity (Wildman–Crippen MR) is 68.0 cm³/mol. The number of carboxylic acid groups (broad SMARTS) is 1. The molecule has 5 nitrogen and oxygen atoms in total. The van der Waals surface area contributed by atoms with Gasteiger partial charge in [0.2, 0.25) is 0 Å². The van der Waals surface area contributed by atoms with E-state index in [2.05, 4.69) is 16.8 Å². The number of aromatic carboxylic acids is 1. The van der Waals surface area contributed by atoms with Crippen LogP contribution in [0.5, 0.6) is 0 Å². The molecular weight excluding hydrogens is 232 g/mol. The van der Waals surface area contributed by atoms with Crippen LogP contribution in [-0.4, -0.2) is 41.4 Å². The third-order valence-electron chi connectivity index (χ3n) is 3.28. The Morgan fingerprint density at radius 3 is 3.11 bits per heavy atom. The molecule has 98 valence electrons. The van der Waals surface area contributed by atoms with Gasteiger partial charge in [0, 0.05) is 12.7 Å². The molecule has 0 spiro atoms. The van der Waals surface area contributed by atoms with Crippen LogP contribution in [0.3, 0.4) is 0 Å². The zero-order valence-corrected chi connectivity index (χ0v) is 10.7. The Kier molecular flexibility index (Phi) is 3.81. The maximum absolute atomic E-state index is 11.3. The fourth-order valence-electron chi connectivity index (χ4n) is 2.27. The van der Waals surface area contributed by atoms with Gasteiger partial charge in [-0.05, 0) is 19.4 Å². The van der Waals surface area contributed by atoms with Crippen molar-refractivity contribution >= 4 is 11.7 Å². The summed E-state index contributed by atoms with van der Waals surface area (Å²) in [7, 11) is 0. The van der Waals surface area contributed by atoms with Gasteiger partial charge in [-0.1, -0.05) is 6.92 Å². The Labute approximate surface area is 106 Å². The number of hydrogen-bond donors (Lipinski definition) is 1. The topological polar surface area (TPSA) is 62.7 Å². The molecule has 0 radical (unpaired) electrons. The molecule has 0 aliphatic carbocycles. The highest BCUT2D eigenvalue weighted by Gasteiger charge is 2.28. The number of carbonyl (C=O) groups is 1. The molecular formula is C13H18N2O3. The minimum absolute atomic E-state index is 0.106. The Morgan fingerprint density at radius 2 is 2.44 bits per heavy atom. The summed E-state index contributed by atoms with van der Waals surface area (Å²) in [6.45, 7) is 5.40. The fourth-order valence-corrected chi connectivity index (χ4v) is 2.27. The van der Waals surface area contributed by atoms with Gasteiger partial charge in [0.15, 0.2) is 0 Å². The summed E-state index contributed by atoms with van der Waals surface area (Å²) in [6, 6.07) is 1.76. The van der Waals surface area contributed by atoms with E-state index in [4.69, 9.17) is 4.74 Å². The first-order valence-corrected chi connectivity index (χ1v) is 6.19. The molecule has 2 unspecified atom stereocenters. The van der Waals surface area contributed by atoms with Crippen LogP contribution in [0.2, 0.25) is 0 Å². The second-order valence-electron chi connectivity index (χ2n) is 4.56. The van der Waals surface area contributed by atoms with E-state index in [0.717, 1.165) is 6.42 Å². The van der Waals surface area contributed by atoms with E-state index >= 15 is 0 Å². The van der Waals surface area contributed by atoms with Crippen molar-refractivity contribution in [1.82, 2.24) is 4.98 Å². The Balaban J connectivity index is 2.36. The molecule has 1 aromatic heterocycles. The van der Waals surface area contributed by atoms with Crippen molar-refractivity contribution in [2.75, 3.05) is 18.1 Å². The lowest BCUT2D eigenvalue weighted by atomic mass is 10.1. The number of nitrogens with zero attached hydrogens (tertiary/aromatic N) is 2. The van der Waals surface area contributed by atoms with Crippen molar-refractivity contribution in [1.29, 1.82) is 0 Å². The first-order chi connectivity index (χ1) is 8.63. The predicted octanol–water partition coefficient (Wildman–Crippen LogP) is 1.78. The first-order valence-electron chi connectivity index (χ1n) is 6.19. The summed E-state index contributed by atoms with van der Waals surface area (Å²) >= 11 is 0. The summed E-state index contributed by atoms with van der Waals surface area (Å²) in [5, 5.41) is 9.24. The van der Waals surface area contributed by atoms with Gasteiger partial charge in [-0.15, -0.1) is 0 Å². The lowest BCUT2D eigenvalue weighted by molar-refractivity contribution is 0.0297. The van der Waals surface area contributed by atoms with E-state index < -0.39 is 5.97 Å². The number of carboxylic acids is 1. The smallest absolute Gasteiger partial charge is 0.337 e. The molecule has 18 heavy (non-hydrogen) atoms. The molecule has 0 saturated carbocycles. The Hall–Kier alpha value is -1.62. The van der Waals surface area contributed by atoms with Crippen molar-refractivity contribution in [2.24, 2.45) is 0 Å². The van der Waals surface area contributed by atoms with Crippen molar-refractivity contribution in [2.45, 2.75) is 32.4 Å². The van der Waals surface area contributed by atoms with Crippen molar-refractivity contribution in [3.63, 3.8) is 0 Å². The average molecular weight is 250 g/mol. The molecule has 1 N–H and O–H groups in total. The van der Waals surface area contributed by atoms with Crippen LogP contribution in [0, 0.1) is 0 Å². The van der Waals surface area contributed by atoms with Crippen LogP contribution in [0.1, 0.15) is 30.6 Å². The zero-order valence-electron chi connectivity index (χ0n) is 10.7. The molecule has 1 saturated heterocycles. The number of morpholine rings is 1.